The van der Waals surface area contributed by atoms with Crippen molar-refractivity contribution in [1.29, 1.82) is 0 Å². The molecule has 0 spiro atoms. The van der Waals surface area contributed by atoms with E-state index in [0.717, 1.165) is 22.6 Å². The highest BCUT2D eigenvalue weighted by atomic mass is 79.9. The highest BCUT2D eigenvalue weighted by molar-refractivity contribution is 9.10. The van der Waals surface area contributed by atoms with Crippen molar-refractivity contribution in [3.63, 3.8) is 0 Å². The Hall–Kier alpha value is -2.65. The average molecular weight is 583 g/mol. The molecule has 1 atom stereocenters. The van der Waals surface area contributed by atoms with Gasteiger partial charge in [-0.15, -0.1) is 11.3 Å². The van der Waals surface area contributed by atoms with Gasteiger partial charge >= 0.3 is 12.1 Å². The van der Waals surface area contributed by atoms with Gasteiger partial charge in [-0.2, -0.15) is 13.2 Å². The number of carbonyl (C=O) groups is 2. The Morgan fingerprint density at radius 3 is 2.25 bits per heavy atom. The van der Waals surface area contributed by atoms with E-state index in [1.165, 1.54) is 23.5 Å². The van der Waals surface area contributed by atoms with E-state index in [-0.39, 0.29) is 12.2 Å². The standard InChI is InChI=1S/C27H26BrF3O4S/c1-16(25(33)35-26(2,3)4)34-22-12-6-17(15-20(22)28)5-11-21(32)24-14-13-23(36-24)18-7-9-19(10-8-18)27(29,30)31/h6-10,12-16H,5,11H2,1-4H3. The highest BCUT2D eigenvalue weighted by Crippen LogP contribution is 2.34. The molecule has 0 radical (unpaired) electrons. The van der Waals surface area contributed by atoms with Crippen molar-refractivity contribution in [2.75, 3.05) is 0 Å². The number of benzene rings is 2. The molecule has 1 unspecified atom stereocenters. The number of ketones is 1. The van der Waals surface area contributed by atoms with E-state index in [2.05, 4.69) is 15.9 Å². The molecule has 0 saturated carbocycles. The number of hydrogen-bond acceptors (Lipinski definition) is 5. The minimum absolute atomic E-state index is 0.0480. The van der Waals surface area contributed by atoms with Gasteiger partial charge in [0, 0.05) is 11.3 Å². The summed E-state index contributed by atoms with van der Waals surface area (Å²) in [4.78, 5) is 26.1. The van der Waals surface area contributed by atoms with E-state index < -0.39 is 29.4 Å². The van der Waals surface area contributed by atoms with Crippen molar-refractivity contribution in [2.45, 2.75) is 58.4 Å². The topological polar surface area (TPSA) is 52.6 Å². The van der Waals surface area contributed by atoms with Crippen molar-refractivity contribution < 1.29 is 32.2 Å². The van der Waals surface area contributed by atoms with E-state index in [9.17, 15) is 22.8 Å². The Balaban J connectivity index is 1.58. The number of Topliss-reactive ketones (excluding diaryl/α,β-unsaturated/α-hetero) is 1. The molecule has 3 aromatic rings. The van der Waals surface area contributed by atoms with Crippen LogP contribution >= 0.6 is 27.3 Å². The van der Waals surface area contributed by atoms with Gasteiger partial charge in [0.15, 0.2) is 11.9 Å². The first-order valence-corrected chi connectivity index (χ1v) is 12.8. The summed E-state index contributed by atoms with van der Waals surface area (Å²) in [6, 6.07) is 13.7. The van der Waals surface area contributed by atoms with Crippen LogP contribution in [0.15, 0.2) is 59.1 Å². The molecular formula is C27H26BrF3O4S. The lowest BCUT2D eigenvalue weighted by atomic mass is 10.1. The highest BCUT2D eigenvalue weighted by Gasteiger charge is 2.30. The summed E-state index contributed by atoms with van der Waals surface area (Å²) in [5.74, 6) is -0.0216. The summed E-state index contributed by atoms with van der Waals surface area (Å²) in [5, 5.41) is 0. The molecule has 36 heavy (non-hydrogen) atoms. The molecule has 9 heteroatoms. The third-order valence-electron chi connectivity index (χ3n) is 5.06. The lowest BCUT2D eigenvalue weighted by Crippen LogP contribution is -2.33. The molecule has 192 valence electrons. The third kappa shape index (κ3) is 7.67. The minimum Gasteiger partial charge on any atom is -0.478 e. The van der Waals surface area contributed by atoms with Gasteiger partial charge in [-0.1, -0.05) is 18.2 Å². The maximum Gasteiger partial charge on any atom is 0.416 e. The van der Waals surface area contributed by atoms with Crippen LogP contribution in [0.3, 0.4) is 0 Å². The quantitative estimate of drug-likeness (QED) is 0.199. The Morgan fingerprint density at radius 2 is 1.67 bits per heavy atom. The van der Waals surface area contributed by atoms with Crippen LogP contribution in [0.5, 0.6) is 5.75 Å². The first kappa shape index (κ1) is 27.9. The van der Waals surface area contributed by atoms with Gasteiger partial charge in [-0.25, -0.2) is 4.79 Å². The van der Waals surface area contributed by atoms with Crippen molar-refractivity contribution in [3.8, 4) is 16.2 Å². The van der Waals surface area contributed by atoms with Crippen molar-refractivity contribution in [3.05, 3.63) is 75.1 Å². The fourth-order valence-electron chi connectivity index (χ4n) is 3.27. The van der Waals surface area contributed by atoms with Crippen molar-refractivity contribution in [1.82, 2.24) is 0 Å². The van der Waals surface area contributed by atoms with Gasteiger partial charge in [0.2, 0.25) is 0 Å². The molecule has 1 heterocycles. The van der Waals surface area contributed by atoms with E-state index >= 15 is 0 Å². The van der Waals surface area contributed by atoms with Crippen LogP contribution in [0.4, 0.5) is 13.2 Å². The number of hydrogen-bond donors (Lipinski definition) is 0. The number of ether oxygens (including phenoxy) is 2. The zero-order valence-electron chi connectivity index (χ0n) is 20.2. The summed E-state index contributed by atoms with van der Waals surface area (Å²) in [5.41, 5.74) is 0.226. The number of aryl methyl sites for hydroxylation is 1. The summed E-state index contributed by atoms with van der Waals surface area (Å²) in [6.45, 7) is 6.98. The Kier molecular flexibility index (Phi) is 8.67. The Labute approximate surface area is 220 Å². The lowest BCUT2D eigenvalue weighted by molar-refractivity contribution is -0.162. The fourth-order valence-corrected chi connectivity index (χ4v) is 4.76. The first-order valence-electron chi connectivity index (χ1n) is 11.2. The molecule has 0 amide bonds. The predicted molar refractivity (Wildman–Crippen MR) is 137 cm³/mol. The van der Waals surface area contributed by atoms with Gasteiger partial charge in [0.25, 0.3) is 0 Å². The summed E-state index contributed by atoms with van der Waals surface area (Å²) < 4.78 is 50.0. The molecule has 3 rings (SSSR count). The van der Waals surface area contributed by atoms with E-state index in [4.69, 9.17) is 9.47 Å². The number of halogens is 4. The van der Waals surface area contributed by atoms with Gasteiger partial charge in [-0.3, -0.25) is 4.79 Å². The summed E-state index contributed by atoms with van der Waals surface area (Å²) >= 11 is 4.71. The maximum absolute atomic E-state index is 12.8. The Morgan fingerprint density at radius 1 is 1.00 bits per heavy atom. The number of rotatable bonds is 8. The third-order valence-corrected chi connectivity index (χ3v) is 6.85. The molecule has 0 saturated heterocycles. The van der Waals surface area contributed by atoms with Crippen LogP contribution in [-0.2, 0) is 22.1 Å². The van der Waals surface area contributed by atoms with Crippen LogP contribution < -0.4 is 4.74 Å². The van der Waals surface area contributed by atoms with Crippen LogP contribution in [0.25, 0.3) is 10.4 Å². The van der Waals surface area contributed by atoms with Crippen LogP contribution in [0, 0.1) is 0 Å². The summed E-state index contributed by atoms with van der Waals surface area (Å²) in [7, 11) is 0. The first-order chi connectivity index (χ1) is 16.7. The van der Waals surface area contributed by atoms with Crippen LogP contribution in [-0.4, -0.2) is 23.5 Å². The zero-order valence-corrected chi connectivity index (χ0v) is 22.6. The van der Waals surface area contributed by atoms with Crippen molar-refractivity contribution in [2.24, 2.45) is 0 Å². The number of alkyl halides is 3. The number of carbonyl (C=O) groups excluding carboxylic acids is 2. The number of thiophene rings is 1. The van der Waals surface area contributed by atoms with Crippen molar-refractivity contribution >= 4 is 39.0 Å². The monoisotopic (exact) mass is 582 g/mol. The Bertz CT molecular complexity index is 1230. The van der Waals surface area contributed by atoms with E-state index in [1.54, 1.807) is 45.9 Å². The largest absolute Gasteiger partial charge is 0.478 e. The van der Waals surface area contributed by atoms with Gasteiger partial charge in [0.1, 0.15) is 11.4 Å². The van der Waals surface area contributed by atoms with Gasteiger partial charge in [-0.05, 0) is 97.6 Å². The fraction of sp³-hybridized carbons (Fsp3) is 0.333. The average Bonchev–Trinajstić information content (AvgIpc) is 3.28. The zero-order chi connectivity index (χ0) is 26.7. The molecule has 2 aromatic carbocycles. The lowest BCUT2D eigenvalue weighted by Gasteiger charge is -2.23. The minimum atomic E-state index is -4.38. The van der Waals surface area contributed by atoms with E-state index in [0.29, 0.717) is 27.1 Å². The number of esters is 1. The molecule has 0 aliphatic heterocycles. The van der Waals surface area contributed by atoms with Gasteiger partial charge in [0.05, 0.1) is 14.9 Å². The normalized spacial score (nSPS) is 12.8. The second kappa shape index (κ2) is 11.2. The van der Waals surface area contributed by atoms with Crippen LogP contribution in [0.1, 0.15) is 54.9 Å². The maximum atomic E-state index is 12.8. The molecular weight excluding hydrogens is 557 g/mol. The molecule has 4 nitrogen and oxygen atoms in total. The second-order valence-electron chi connectivity index (χ2n) is 9.22. The second-order valence-corrected chi connectivity index (χ2v) is 11.2. The molecule has 0 aliphatic carbocycles. The molecule has 1 aromatic heterocycles. The van der Waals surface area contributed by atoms with Gasteiger partial charge < -0.3 is 9.47 Å². The SMILES string of the molecule is CC(Oc1ccc(CCC(=O)c2ccc(-c3ccc(C(F)(F)F)cc3)s2)cc1Br)C(=O)OC(C)(C)C. The molecule has 0 fully saturated rings. The van der Waals surface area contributed by atoms with Crippen LogP contribution in [0.2, 0.25) is 0 Å². The predicted octanol–water partition coefficient (Wildman–Crippen LogP) is 8.12. The molecule has 0 N–H and O–H groups in total. The molecule has 0 bridgehead atoms. The summed E-state index contributed by atoms with van der Waals surface area (Å²) in [6.07, 6.45) is -4.41. The smallest absolute Gasteiger partial charge is 0.416 e. The van der Waals surface area contributed by atoms with E-state index in [1.807, 2.05) is 12.1 Å². The molecule has 0 aliphatic rings.